The van der Waals surface area contributed by atoms with Gasteiger partial charge in [-0.3, -0.25) is 9.59 Å². The number of nitrogens with two attached hydrogens (primary N) is 3. The van der Waals surface area contributed by atoms with Crippen molar-refractivity contribution in [1.29, 1.82) is 0 Å². The Hall–Kier alpha value is -2.17. The SMILES string of the molecule is NCCCC[C@H](N)C(=O)O.NCc1ccc(C(F)(F)F)cc1.O=Cc1ccc(Cl)cc1Cl. The van der Waals surface area contributed by atoms with Gasteiger partial charge in [0.15, 0.2) is 6.29 Å². The van der Waals surface area contributed by atoms with Gasteiger partial charge in [0.2, 0.25) is 0 Å². The molecule has 0 aliphatic carbocycles. The molecule has 2 aromatic carbocycles. The molecule has 0 spiro atoms. The molecule has 0 aliphatic rings. The van der Waals surface area contributed by atoms with Crippen molar-refractivity contribution < 1.29 is 27.9 Å². The van der Waals surface area contributed by atoms with Gasteiger partial charge in [0.1, 0.15) is 6.04 Å². The van der Waals surface area contributed by atoms with Gasteiger partial charge in [-0.15, -0.1) is 0 Å². The van der Waals surface area contributed by atoms with Crippen molar-refractivity contribution in [3.8, 4) is 0 Å². The van der Waals surface area contributed by atoms with Crippen molar-refractivity contribution in [2.45, 2.75) is 38.0 Å². The molecule has 0 fully saturated rings. The van der Waals surface area contributed by atoms with Crippen LogP contribution in [0.25, 0.3) is 0 Å². The van der Waals surface area contributed by atoms with E-state index in [4.69, 9.17) is 45.5 Å². The fraction of sp³-hybridized carbons (Fsp3) is 0.333. The third-order valence-electron chi connectivity index (χ3n) is 3.89. The molecule has 11 heteroatoms. The van der Waals surface area contributed by atoms with Crippen molar-refractivity contribution in [3.63, 3.8) is 0 Å². The zero-order valence-corrected chi connectivity index (χ0v) is 18.6. The van der Waals surface area contributed by atoms with Crippen LogP contribution in [0.15, 0.2) is 42.5 Å². The molecule has 32 heavy (non-hydrogen) atoms. The van der Waals surface area contributed by atoms with Crippen LogP contribution in [0.3, 0.4) is 0 Å². The summed E-state index contributed by atoms with van der Waals surface area (Å²) in [4.78, 5) is 20.3. The van der Waals surface area contributed by atoms with Gasteiger partial charge in [0.05, 0.1) is 10.6 Å². The number of carboxylic acid groups (broad SMARTS) is 1. The van der Waals surface area contributed by atoms with E-state index in [0.717, 1.165) is 25.0 Å². The second kappa shape index (κ2) is 15.6. The zero-order valence-electron chi connectivity index (χ0n) is 17.1. The first-order chi connectivity index (χ1) is 15.0. The Morgan fingerprint density at radius 3 is 2.06 bits per heavy atom. The van der Waals surface area contributed by atoms with Crippen LogP contribution in [0, 0.1) is 0 Å². The zero-order chi connectivity index (χ0) is 24.7. The van der Waals surface area contributed by atoms with E-state index in [1.165, 1.54) is 18.2 Å². The van der Waals surface area contributed by atoms with Gasteiger partial charge in [0, 0.05) is 17.1 Å². The van der Waals surface area contributed by atoms with E-state index in [0.29, 0.717) is 40.4 Å². The Kier molecular flexibility index (Phi) is 14.5. The molecular weight excluding hydrogens is 470 g/mol. The van der Waals surface area contributed by atoms with Crippen LogP contribution in [-0.2, 0) is 17.5 Å². The predicted molar refractivity (Wildman–Crippen MR) is 120 cm³/mol. The highest BCUT2D eigenvalue weighted by atomic mass is 35.5. The summed E-state index contributed by atoms with van der Waals surface area (Å²) in [6.07, 6.45) is -1.40. The van der Waals surface area contributed by atoms with Crippen LogP contribution in [-0.4, -0.2) is 29.9 Å². The average molecular weight is 496 g/mol. The lowest BCUT2D eigenvalue weighted by atomic mass is 10.1. The number of carboxylic acids is 1. The van der Waals surface area contributed by atoms with E-state index in [2.05, 4.69) is 0 Å². The summed E-state index contributed by atoms with van der Waals surface area (Å²) in [6, 6.07) is 8.84. The van der Waals surface area contributed by atoms with Crippen molar-refractivity contribution in [3.05, 3.63) is 69.2 Å². The number of alkyl halides is 3. The molecule has 7 N–H and O–H groups in total. The Morgan fingerprint density at radius 2 is 1.66 bits per heavy atom. The molecule has 0 radical (unpaired) electrons. The van der Waals surface area contributed by atoms with Crippen LogP contribution in [0.4, 0.5) is 13.2 Å². The van der Waals surface area contributed by atoms with Crippen LogP contribution >= 0.6 is 23.2 Å². The minimum Gasteiger partial charge on any atom is -0.480 e. The number of halogens is 5. The van der Waals surface area contributed by atoms with Gasteiger partial charge in [-0.2, -0.15) is 13.2 Å². The van der Waals surface area contributed by atoms with Crippen LogP contribution in [0.1, 0.15) is 40.7 Å². The summed E-state index contributed by atoms with van der Waals surface area (Å²) < 4.78 is 36.0. The number of rotatable bonds is 7. The Balaban J connectivity index is 0.000000454. The maximum Gasteiger partial charge on any atom is 0.416 e. The standard InChI is InChI=1S/C8H8F3N.C7H4Cl2O.C6H14N2O2/c9-8(10,11)7-3-1-6(5-12)2-4-7;8-6-2-1-5(4-10)7(9)3-6;7-4-2-1-3-5(8)6(9)10/h1-4H,5,12H2;1-4H;5H,1-4,7-8H2,(H,9,10)/t;;5-/m..0/s1. The van der Waals surface area contributed by atoms with Gasteiger partial charge >= 0.3 is 12.1 Å². The van der Waals surface area contributed by atoms with Gasteiger partial charge in [-0.05, 0) is 55.3 Å². The van der Waals surface area contributed by atoms with Crippen LogP contribution in [0.5, 0.6) is 0 Å². The average Bonchev–Trinajstić information content (AvgIpc) is 2.74. The number of benzene rings is 2. The van der Waals surface area contributed by atoms with Crippen LogP contribution in [0.2, 0.25) is 10.0 Å². The molecule has 0 unspecified atom stereocenters. The summed E-state index contributed by atoms with van der Waals surface area (Å²) in [5.41, 5.74) is 16.2. The van der Waals surface area contributed by atoms with Crippen molar-refractivity contribution in [2.24, 2.45) is 17.2 Å². The van der Waals surface area contributed by atoms with Gasteiger partial charge in [0.25, 0.3) is 0 Å². The van der Waals surface area contributed by atoms with Crippen molar-refractivity contribution >= 4 is 35.5 Å². The Bertz CT molecular complexity index is 835. The molecule has 0 amide bonds. The first kappa shape index (κ1) is 29.8. The number of unbranched alkanes of at least 4 members (excludes halogenated alkanes) is 1. The Morgan fingerprint density at radius 1 is 1.06 bits per heavy atom. The summed E-state index contributed by atoms with van der Waals surface area (Å²) in [5, 5.41) is 9.25. The minimum absolute atomic E-state index is 0.262. The molecule has 0 bridgehead atoms. The van der Waals surface area contributed by atoms with Gasteiger partial charge < -0.3 is 22.3 Å². The molecular formula is C21H26Cl2F3N3O3. The minimum atomic E-state index is -4.26. The molecule has 0 saturated heterocycles. The number of aldehydes is 1. The van der Waals surface area contributed by atoms with E-state index in [1.54, 1.807) is 12.1 Å². The predicted octanol–water partition coefficient (Wildman–Crippen LogP) is 4.50. The summed E-state index contributed by atoms with van der Waals surface area (Å²) in [5.74, 6) is -0.933. The highest BCUT2D eigenvalue weighted by molar-refractivity contribution is 6.36. The maximum atomic E-state index is 12.0. The largest absolute Gasteiger partial charge is 0.480 e. The summed E-state index contributed by atoms with van der Waals surface area (Å²) in [7, 11) is 0. The molecule has 1 atom stereocenters. The number of hydrogen-bond donors (Lipinski definition) is 4. The van der Waals surface area contributed by atoms with E-state index in [-0.39, 0.29) is 6.54 Å². The second-order valence-corrected chi connectivity index (χ2v) is 7.26. The lowest BCUT2D eigenvalue weighted by Crippen LogP contribution is -2.29. The molecule has 0 aliphatic heterocycles. The fourth-order valence-corrected chi connectivity index (χ4v) is 2.51. The first-order valence-electron chi connectivity index (χ1n) is 9.41. The topological polar surface area (TPSA) is 132 Å². The summed E-state index contributed by atoms with van der Waals surface area (Å²) in [6.45, 7) is 0.866. The second-order valence-electron chi connectivity index (χ2n) is 6.41. The van der Waals surface area contributed by atoms with E-state index < -0.39 is 23.8 Å². The van der Waals surface area contributed by atoms with E-state index in [1.807, 2.05) is 0 Å². The molecule has 2 aromatic rings. The monoisotopic (exact) mass is 495 g/mol. The molecule has 2 rings (SSSR count). The Labute approximate surface area is 194 Å². The number of aliphatic carboxylic acids is 1. The molecule has 0 heterocycles. The molecule has 0 aromatic heterocycles. The number of carbonyl (C=O) groups is 2. The number of hydrogen-bond acceptors (Lipinski definition) is 5. The third kappa shape index (κ3) is 12.6. The highest BCUT2D eigenvalue weighted by Crippen LogP contribution is 2.28. The van der Waals surface area contributed by atoms with E-state index >= 15 is 0 Å². The van der Waals surface area contributed by atoms with Crippen LogP contribution < -0.4 is 17.2 Å². The van der Waals surface area contributed by atoms with Crippen molar-refractivity contribution in [2.75, 3.05) is 6.54 Å². The van der Waals surface area contributed by atoms with Gasteiger partial charge in [-0.1, -0.05) is 41.8 Å². The molecule has 0 saturated carbocycles. The van der Waals surface area contributed by atoms with E-state index in [9.17, 15) is 22.8 Å². The fourth-order valence-electron chi connectivity index (χ4n) is 2.06. The molecule has 178 valence electrons. The summed E-state index contributed by atoms with van der Waals surface area (Å²) >= 11 is 11.2. The normalized spacial score (nSPS) is 11.4. The lowest BCUT2D eigenvalue weighted by molar-refractivity contribution is -0.139. The smallest absolute Gasteiger partial charge is 0.416 e. The highest BCUT2D eigenvalue weighted by Gasteiger charge is 2.29. The first-order valence-corrected chi connectivity index (χ1v) is 10.2. The van der Waals surface area contributed by atoms with Gasteiger partial charge in [-0.25, -0.2) is 0 Å². The third-order valence-corrected chi connectivity index (χ3v) is 4.46. The molecule has 6 nitrogen and oxygen atoms in total. The maximum absolute atomic E-state index is 12.0. The quantitative estimate of drug-likeness (QED) is 0.330. The van der Waals surface area contributed by atoms with Crippen molar-refractivity contribution in [1.82, 2.24) is 0 Å². The lowest BCUT2D eigenvalue weighted by Gasteiger charge is -2.06. The number of carbonyl (C=O) groups excluding carboxylic acids is 1.